The average Bonchev–Trinajstić information content (AvgIpc) is 3.55. The fourth-order valence-electron chi connectivity index (χ4n) is 4.00. The lowest BCUT2D eigenvalue weighted by molar-refractivity contribution is -0.141. The van der Waals surface area contributed by atoms with Crippen LogP contribution in [0, 0.1) is 6.92 Å². The monoisotopic (exact) mass is 496 g/mol. The van der Waals surface area contributed by atoms with E-state index in [0.29, 0.717) is 55.7 Å². The fourth-order valence-corrected chi connectivity index (χ4v) is 4.00. The molecule has 1 aliphatic heterocycles. The Morgan fingerprint density at radius 1 is 0.972 bits per heavy atom. The van der Waals surface area contributed by atoms with Crippen LogP contribution in [0.4, 0.5) is 13.2 Å². The number of alkyl halides is 3. The molecular weight excluding hydrogens is 473 g/mol. The number of amides is 1. The van der Waals surface area contributed by atoms with Gasteiger partial charge in [-0.25, -0.2) is 4.68 Å². The average molecular weight is 496 g/mol. The maximum Gasteiger partial charge on any atom is 0.435 e. The van der Waals surface area contributed by atoms with Gasteiger partial charge in [-0.15, -0.1) is 0 Å². The maximum absolute atomic E-state index is 12.9. The van der Waals surface area contributed by atoms with Crippen LogP contribution in [-0.4, -0.2) is 61.8 Å². The fraction of sp³-hybridized carbons (Fsp3) is 0.280. The quantitative estimate of drug-likeness (QED) is 0.412. The molecule has 1 amide bonds. The molecule has 8 nitrogen and oxygen atoms in total. The van der Waals surface area contributed by atoms with Gasteiger partial charge in [0.05, 0.1) is 12.2 Å². The molecule has 0 radical (unpaired) electrons. The predicted molar refractivity (Wildman–Crippen MR) is 124 cm³/mol. The predicted octanol–water partition coefficient (Wildman–Crippen LogP) is 4.21. The summed E-state index contributed by atoms with van der Waals surface area (Å²) in [5.41, 5.74) is 1.99. The molecule has 2 aromatic heterocycles. The maximum atomic E-state index is 12.9. The molecule has 0 spiro atoms. The Bertz CT molecular complexity index is 1340. The summed E-state index contributed by atoms with van der Waals surface area (Å²) in [7, 11) is 0. The SMILES string of the molecule is Cc1ccc(-c2noc(CN3CCN(C(=O)c4ccc(-n5ccc(C(F)(F)F)n5)cc4)CC3)n2)cc1. The van der Waals surface area contributed by atoms with Crippen LogP contribution in [0.5, 0.6) is 0 Å². The standard InChI is InChI=1S/C25H23F3N6O2/c1-17-2-4-18(5-3-17)23-29-22(36-31-23)16-32-12-14-33(15-13-32)24(35)19-6-8-20(9-7-19)34-11-10-21(30-34)25(26,27)28/h2-11H,12-16H2,1H3. The van der Waals surface area contributed by atoms with Crippen molar-refractivity contribution < 1.29 is 22.5 Å². The summed E-state index contributed by atoms with van der Waals surface area (Å²) in [6.45, 7) is 4.89. The van der Waals surface area contributed by atoms with Gasteiger partial charge in [0, 0.05) is 43.5 Å². The molecule has 0 aliphatic carbocycles. The summed E-state index contributed by atoms with van der Waals surface area (Å²) in [5, 5.41) is 7.62. The van der Waals surface area contributed by atoms with Crippen LogP contribution in [0.15, 0.2) is 65.3 Å². The summed E-state index contributed by atoms with van der Waals surface area (Å²) in [4.78, 5) is 21.3. The van der Waals surface area contributed by atoms with E-state index in [-0.39, 0.29) is 5.91 Å². The third-order valence-corrected chi connectivity index (χ3v) is 6.05. The van der Waals surface area contributed by atoms with Gasteiger partial charge in [0.2, 0.25) is 11.7 Å². The molecule has 0 N–H and O–H groups in total. The van der Waals surface area contributed by atoms with Crippen LogP contribution < -0.4 is 0 Å². The van der Waals surface area contributed by atoms with Crippen molar-refractivity contribution in [2.24, 2.45) is 0 Å². The number of carbonyl (C=O) groups is 1. The lowest BCUT2D eigenvalue weighted by atomic mass is 10.1. The molecule has 1 saturated heterocycles. The number of hydrogen-bond donors (Lipinski definition) is 0. The lowest BCUT2D eigenvalue weighted by Gasteiger charge is -2.34. The molecule has 0 saturated carbocycles. The summed E-state index contributed by atoms with van der Waals surface area (Å²) in [6.07, 6.45) is -3.26. The van der Waals surface area contributed by atoms with Crippen molar-refractivity contribution in [2.45, 2.75) is 19.6 Å². The van der Waals surface area contributed by atoms with Crippen molar-refractivity contribution in [1.29, 1.82) is 0 Å². The minimum atomic E-state index is -4.50. The molecular formula is C25H23F3N6O2. The first-order valence-corrected chi connectivity index (χ1v) is 11.4. The van der Waals surface area contributed by atoms with Gasteiger partial charge < -0.3 is 9.42 Å². The molecule has 0 unspecified atom stereocenters. The molecule has 11 heteroatoms. The Labute approximate surface area is 204 Å². The van der Waals surface area contributed by atoms with Gasteiger partial charge in [-0.2, -0.15) is 23.3 Å². The zero-order valence-corrected chi connectivity index (χ0v) is 19.4. The van der Waals surface area contributed by atoms with E-state index in [1.54, 1.807) is 29.2 Å². The largest absolute Gasteiger partial charge is 0.435 e. The first kappa shape index (κ1) is 23.7. The number of hydrogen-bond acceptors (Lipinski definition) is 6. The van der Waals surface area contributed by atoms with E-state index in [0.717, 1.165) is 21.9 Å². The van der Waals surface area contributed by atoms with Crippen LogP contribution >= 0.6 is 0 Å². The molecule has 36 heavy (non-hydrogen) atoms. The highest BCUT2D eigenvalue weighted by Gasteiger charge is 2.33. The van der Waals surface area contributed by atoms with E-state index in [1.165, 1.54) is 6.20 Å². The minimum Gasteiger partial charge on any atom is -0.338 e. The molecule has 0 bridgehead atoms. The second-order valence-corrected chi connectivity index (χ2v) is 8.64. The Kier molecular flexibility index (Phi) is 6.31. The first-order valence-electron chi connectivity index (χ1n) is 11.4. The Morgan fingerprint density at radius 3 is 2.31 bits per heavy atom. The minimum absolute atomic E-state index is 0.128. The highest BCUT2D eigenvalue weighted by Crippen LogP contribution is 2.28. The van der Waals surface area contributed by atoms with Gasteiger partial charge in [0.25, 0.3) is 5.91 Å². The van der Waals surface area contributed by atoms with Crippen molar-refractivity contribution in [3.63, 3.8) is 0 Å². The normalized spacial score (nSPS) is 14.8. The number of aromatic nitrogens is 4. The van der Waals surface area contributed by atoms with Gasteiger partial charge in [0.15, 0.2) is 5.69 Å². The summed E-state index contributed by atoms with van der Waals surface area (Å²) in [5.74, 6) is 0.942. The van der Waals surface area contributed by atoms with Crippen molar-refractivity contribution in [3.05, 3.63) is 83.5 Å². The van der Waals surface area contributed by atoms with E-state index in [2.05, 4.69) is 20.1 Å². The van der Waals surface area contributed by atoms with Gasteiger partial charge in [-0.3, -0.25) is 9.69 Å². The van der Waals surface area contributed by atoms with Crippen molar-refractivity contribution >= 4 is 5.91 Å². The second kappa shape index (κ2) is 9.57. The van der Waals surface area contributed by atoms with Crippen LogP contribution in [-0.2, 0) is 12.7 Å². The number of piperazine rings is 1. The van der Waals surface area contributed by atoms with E-state index in [9.17, 15) is 18.0 Å². The van der Waals surface area contributed by atoms with Crippen molar-refractivity contribution in [1.82, 2.24) is 29.7 Å². The van der Waals surface area contributed by atoms with Crippen molar-refractivity contribution in [2.75, 3.05) is 26.2 Å². The molecule has 5 rings (SSSR count). The number of nitrogens with zero attached hydrogens (tertiary/aromatic N) is 6. The molecule has 0 atom stereocenters. The Morgan fingerprint density at radius 2 is 1.67 bits per heavy atom. The van der Waals surface area contributed by atoms with Crippen LogP contribution in [0.1, 0.15) is 27.5 Å². The Balaban J connectivity index is 1.15. The lowest BCUT2D eigenvalue weighted by Crippen LogP contribution is -2.48. The van der Waals surface area contributed by atoms with E-state index >= 15 is 0 Å². The van der Waals surface area contributed by atoms with E-state index < -0.39 is 11.9 Å². The van der Waals surface area contributed by atoms with Crippen molar-refractivity contribution in [3.8, 4) is 17.1 Å². The van der Waals surface area contributed by atoms with Crippen LogP contribution in [0.2, 0.25) is 0 Å². The highest BCUT2D eigenvalue weighted by molar-refractivity contribution is 5.94. The molecule has 2 aromatic carbocycles. The number of carbonyl (C=O) groups excluding carboxylic acids is 1. The summed E-state index contributed by atoms with van der Waals surface area (Å²) in [6, 6.07) is 15.2. The molecule has 3 heterocycles. The zero-order chi connectivity index (χ0) is 25.3. The topological polar surface area (TPSA) is 80.3 Å². The van der Waals surface area contributed by atoms with Gasteiger partial charge in [-0.1, -0.05) is 35.0 Å². The van der Waals surface area contributed by atoms with E-state index in [1.807, 2.05) is 31.2 Å². The number of rotatable bonds is 5. The number of aryl methyl sites for hydroxylation is 1. The van der Waals surface area contributed by atoms with Gasteiger partial charge in [0.1, 0.15) is 0 Å². The molecule has 1 aliphatic rings. The van der Waals surface area contributed by atoms with E-state index in [4.69, 9.17) is 4.52 Å². The third kappa shape index (κ3) is 5.15. The third-order valence-electron chi connectivity index (χ3n) is 6.05. The number of benzene rings is 2. The smallest absolute Gasteiger partial charge is 0.338 e. The summed E-state index contributed by atoms with van der Waals surface area (Å²) >= 11 is 0. The Hall–Kier alpha value is -3.99. The molecule has 4 aromatic rings. The van der Waals surface area contributed by atoms with Crippen LogP contribution in [0.3, 0.4) is 0 Å². The summed E-state index contributed by atoms with van der Waals surface area (Å²) < 4.78 is 44.9. The highest BCUT2D eigenvalue weighted by atomic mass is 19.4. The molecule has 1 fully saturated rings. The van der Waals surface area contributed by atoms with Crippen LogP contribution in [0.25, 0.3) is 17.1 Å². The second-order valence-electron chi connectivity index (χ2n) is 8.64. The molecule has 186 valence electrons. The zero-order valence-electron chi connectivity index (χ0n) is 19.4. The first-order chi connectivity index (χ1) is 17.3. The van der Waals surface area contributed by atoms with Gasteiger partial charge >= 0.3 is 6.18 Å². The number of halogens is 3. The van der Waals surface area contributed by atoms with Gasteiger partial charge in [-0.05, 0) is 37.3 Å².